The summed E-state index contributed by atoms with van der Waals surface area (Å²) in [6.45, 7) is 13.1. The van der Waals surface area contributed by atoms with Crippen LogP contribution in [0.3, 0.4) is 0 Å². The van der Waals surface area contributed by atoms with E-state index in [1.165, 1.54) is 5.57 Å². The van der Waals surface area contributed by atoms with Crippen LogP contribution < -0.4 is 0 Å². The normalized spacial score (nSPS) is 19.3. The van der Waals surface area contributed by atoms with Crippen LogP contribution in [-0.2, 0) is 0 Å². The Kier molecular flexibility index (Phi) is 2.72. The number of rotatable bonds is 3. The summed E-state index contributed by atoms with van der Waals surface area (Å²) >= 11 is 1.99. The standard InChI is InChI=1S/C11H18S/c1-8(11(3,4)5)9(2)12-10-6-7-10/h6-7,9-10H,1H2,2-5H3. The average molecular weight is 182 g/mol. The van der Waals surface area contributed by atoms with Crippen molar-refractivity contribution in [3.63, 3.8) is 0 Å². The van der Waals surface area contributed by atoms with Crippen molar-refractivity contribution in [1.82, 2.24) is 0 Å². The predicted molar refractivity (Wildman–Crippen MR) is 58.6 cm³/mol. The van der Waals surface area contributed by atoms with Gasteiger partial charge in [0.2, 0.25) is 0 Å². The molecule has 0 N–H and O–H groups in total. The fourth-order valence-electron chi connectivity index (χ4n) is 1.06. The largest absolute Gasteiger partial charge is 0.143 e. The van der Waals surface area contributed by atoms with Crippen molar-refractivity contribution in [2.24, 2.45) is 5.41 Å². The minimum atomic E-state index is 0.251. The van der Waals surface area contributed by atoms with E-state index in [2.05, 4.69) is 46.4 Å². The van der Waals surface area contributed by atoms with Gasteiger partial charge in [0.25, 0.3) is 0 Å². The van der Waals surface area contributed by atoms with Gasteiger partial charge in [-0.15, -0.1) is 11.8 Å². The molecule has 0 aliphatic heterocycles. The molecule has 1 unspecified atom stereocenters. The molecule has 0 amide bonds. The van der Waals surface area contributed by atoms with Crippen LogP contribution in [0.25, 0.3) is 0 Å². The van der Waals surface area contributed by atoms with Gasteiger partial charge in [-0.2, -0.15) is 0 Å². The van der Waals surface area contributed by atoms with Gasteiger partial charge in [0.15, 0.2) is 0 Å². The lowest BCUT2D eigenvalue weighted by Crippen LogP contribution is -2.17. The maximum atomic E-state index is 4.16. The molecular formula is C11H18S. The molecule has 0 aromatic heterocycles. The van der Waals surface area contributed by atoms with Crippen LogP contribution in [0.1, 0.15) is 27.7 Å². The van der Waals surface area contributed by atoms with Crippen molar-refractivity contribution >= 4 is 11.8 Å². The van der Waals surface area contributed by atoms with Crippen LogP contribution in [0, 0.1) is 5.41 Å². The van der Waals surface area contributed by atoms with Gasteiger partial charge in [-0.05, 0) is 12.3 Å². The lowest BCUT2D eigenvalue weighted by Gasteiger charge is -2.26. The third-order valence-corrected chi connectivity index (χ3v) is 3.49. The molecule has 1 atom stereocenters. The van der Waals surface area contributed by atoms with E-state index in [1.54, 1.807) is 0 Å². The molecule has 0 saturated heterocycles. The molecule has 0 nitrogen and oxygen atoms in total. The summed E-state index contributed by atoms with van der Waals surface area (Å²) in [5.74, 6) is 0. The maximum Gasteiger partial charge on any atom is 0.0414 e. The van der Waals surface area contributed by atoms with Crippen molar-refractivity contribution in [3.8, 4) is 0 Å². The highest BCUT2D eigenvalue weighted by atomic mass is 32.2. The molecule has 0 spiro atoms. The number of hydrogen-bond acceptors (Lipinski definition) is 1. The first-order valence-corrected chi connectivity index (χ1v) is 5.38. The Bertz CT molecular complexity index is 202. The zero-order chi connectivity index (χ0) is 9.35. The van der Waals surface area contributed by atoms with Crippen molar-refractivity contribution in [2.75, 3.05) is 0 Å². The van der Waals surface area contributed by atoms with Gasteiger partial charge in [-0.1, -0.05) is 45.1 Å². The van der Waals surface area contributed by atoms with Crippen molar-refractivity contribution < 1.29 is 0 Å². The average Bonchev–Trinajstić information content (AvgIpc) is 2.68. The Morgan fingerprint density at radius 3 is 2.25 bits per heavy atom. The molecule has 1 aliphatic carbocycles. The van der Waals surface area contributed by atoms with Crippen LogP contribution >= 0.6 is 11.8 Å². The first-order valence-electron chi connectivity index (χ1n) is 4.44. The van der Waals surface area contributed by atoms with E-state index >= 15 is 0 Å². The monoisotopic (exact) mass is 182 g/mol. The van der Waals surface area contributed by atoms with E-state index in [0.717, 1.165) is 0 Å². The molecule has 0 aromatic rings. The molecule has 1 heteroatoms. The van der Waals surface area contributed by atoms with Crippen LogP contribution in [0.2, 0.25) is 0 Å². The van der Waals surface area contributed by atoms with E-state index < -0.39 is 0 Å². The van der Waals surface area contributed by atoms with E-state index in [0.29, 0.717) is 10.5 Å². The Morgan fingerprint density at radius 2 is 1.92 bits per heavy atom. The summed E-state index contributed by atoms with van der Waals surface area (Å²) < 4.78 is 0. The summed E-state index contributed by atoms with van der Waals surface area (Å²) in [5, 5.41) is 1.27. The molecule has 0 bridgehead atoms. The molecule has 1 rings (SSSR count). The molecular weight excluding hydrogens is 164 g/mol. The second-order valence-electron chi connectivity index (χ2n) is 4.40. The molecule has 1 aliphatic rings. The third-order valence-electron chi connectivity index (χ3n) is 2.16. The first kappa shape index (κ1) is 9.91. The number of hydrogen-bond donors (Lipinski definition) is 0. The van der Waals surface area contributed by atoms with E-state index in [-0.39, 0.29) is 5.41 Å². The molecule has 0 heterocycles. The fourth-order valence-corrected chi connectivity index (χ4v) is 2.33. The molecule has 0 radical (unpaired) electrons. The summed E-state index contributed by atoms with van der Waals surface area (Å²) in [7, 11) is 0. The Morgan fingerprint density at radius 1 is 1.42 bits per heavy atom. The fraction of sp³-hybridized carbons (Fsp3) is 0.636. The molecule has 0 saturated carbocycles. The van der Waals surface area contributed by atoms with Gasteiger partial charge in [0.05, 0.1) is 0 Å². The first-order chi connectivity index (χ1) is 5.41. The van der Waals surface area contributed by atoms with E-state index in [9.17, 15) is 0 Å². The van der Waals surface area contributed by atoms with Gasteiger partial charge in [-0.25, -0.2) is 0 Å². The van der Waals surface area contributed by atoms with Crippen LogP contribution in [0.15, 0.2) is 24.3 Å². The smallest absolute Gasteiger partial charge is 0.0414 e. The van der Waals surface area contributed by atoms with Crippen molar-refractivity contribution in [1.29, 1.82) is 0 Å². The third kappa shape index (κ3) is 2.71. The molecule has 0 aromatic carbocycles. The topological polar surface area (TPSA) is 0 Å². The summed E-state index contributed by atoms with van der Waals surface area (Å²) in [6.07, 6.45) is 4.47. The zero-order valence-electron chi connectivity index (χ0n) is 8.42. The second-order valence-corrected chi connectivity index (χ2v) is 5.93. The lowest BCUT2D eigenvalue weighted by molar-refractivity contribution is 0.493. The quantitative estimate of drug-likeness (QED) is 0.600. The molecule has 68 valence electrons. The van der Waals surface area contributed by atoms with E-state index in [1.807, 2.05) is 11.8 Å². The highest BCUT2D eigenvalue weighted by molar-refractivity contribution is 8.01. The molecule has 12 heavy (non-hydrogen) atoms. The summed E-state index contributed by atoms with van der Waals surface area (Å²) in [5.41, 5.74) is 1.60. The summed E-state index contributed by atoms with van der Waals surface area (Å²) in [4.78, 5) is 0. The molecule has 0 fully saturated rings. The van der Waals surface area contributed by atoms with Gasteiger partial charge < -0.3 is 0 Å². The number of thioether (sulfide) groups is 1. The highest BCUT2D eigenvalue weighted by Gasteiger charge is 2.24. The van der Waals surface area contributed by atoms with E-state index in [4.69, 9.17) is 0 Å². The summed E-state index contributed by atoms with van der Waals surface area (Å²) in [6, 6.07) is 0. The minimum absolute atomic E-state index is 0.251. The van der Waals surface area contributed by atoms with Crippen molar-refractivity contribution in [2.45, 2.75) is 38.2 Å². The Labute approximate surface area is 80.1 Å². The van der Waals surface area contributed by atoms with Gasteiger partial charge in [0.1, 0.15) is 0 Å². The van der Waals surface area contributed by atoms with Crippen LogP contribution in [0.5, 0.6) is 0 Å². The maximum absolute atomic E-state index is 4.16. The lowest BCUT2D eigenvalue weighted by atomic mass is 9.86. The highest BCUT2D eigenvalue weighted by Crippen LogP contribution is 2.37. The van der Waals surface area contributed by atoms with Crippen molar-refractivity contribution in [3.05, 3.63) is 24.3 Å². The van der Waals surface area contributed by atoms with Gasteiger partial charge in [0, 0.05) is 10.5 Å². The zero-order valence-corrected chi connectivity index (χ0v) is 9.24. The van der Waals surface area contributed by atoms with Gasteiger partial charge >= 0.3 is 0 Å². The van der Waals surface area contributed by atoms with Gasteiger partial charge in [-0.3, -0.25) is 0 Å². The Hall–Kier alpha value is -0.170. The minimum Gasteiger partial charge on any atom is -0.143 e. The SMILES string of the molecule is C=C(C(C)SC1C=C1)C(C)(C)C. The second kappa shape index (κ2) is 3.29. The van der Waals surface area contributed by atoms with Crippen LogP contribution in [0.4, 0.5) is 0 Å². The van der Waals surface area contributed by atoms with Crippen LogP contribution in [-0.4, -0.2) is 10.5 Å². The predicted octanol–water partition coefficient (Wildman–Crippen LogP) is 3.65. The Balaban J connectivity index is 2.39.